The number of aryl methyl sites for hydroxylation is 1. The van der Waals surface area contributed by atoms with E-state index in [0.717, 1.165) is 11.3 Å². The summed E-state index contributed by atoms with van der Waals surface area (Å²) >= 11 is 0. The van der Waals surface area contributed by atoms with Gasteiger partial charge >= 0.3 is 0 Å². The summed E-state index contributed by atoms with van der Waals surface area (Å²) in [6, 6.07) is 9.54. The standard InChI is InChI=1S/C16H13FN2O2/c1-9-2-3-10(7-13(9)17)16(21)18-12-4-5-14-11(6-12)8-15(20)19-14/h2-7H,8H2,1H3,(H,18,21)(H,19,20). The topological polar surface area (TPSA) is 58.2 Å². The van der Waals surface area contributed by atoms with Crippen LogP contribution in [0.2, 0.25) is 0 Å². The molecular weight excluding hydrogens is 271 g/mol. The highest BCUT2D eigenvalue weighted by Crippen LogP contribution is 2.26. The third kappa shape index (κ3) is 2.63. The number of hydrogen-bond donors (Lipinski definition) is 2. The summed E-state index contributed by atoms with van der Waals surface area (Å²) in [5, 5.41) is 5.43. The molecule has 1 aliphatic rings. The van der Waals surface area contributed by atoms with E-state index in [1.54, 1.807) is 37.3 Å². The van der Waals surface area contributed by atoms with Crippen molar-refractivity contribution in [3.63, 3.8) is 0 Å². The van der Waals surface area contributed by atoms with Gasteiger partial charge in [0, 0.05) is 16.9 Å². The molecule has 2 aromatic carbocycles. The lowest BCUT2D eigenvalue weighted by molar-refractivity contribution is -0.115. The van der Waals surface area contributed by atoms with Crippen LogP contribution in [0.5, 0.6) is 0 Å². The van der Waals surface area contributed by atoms with E-state index in [1.807, 2.05) is 0 Å². The molecule has 0 saturated heterocycles. The van der Waals surface area contributed by atoms with E-state index in [0.29, 0.717) is 17.7 Å². The minimum atomic E-state index is -0.411. The Hall–Kier alpha value is -2.69. The number of halogens is 1. The molecule has 4 nitrogen and oxygen atoms in total. The van der Waals surface area contributed by atoms with Gasteiger partial charge in [0.25, 0.3) is 5.91 Å². The number of benzene rings is 2. The number of anilines is 2. The molecule has 21 heavy (non-hydrogen) atoms. The number of carbonyl (C=O) groups is 2. The van der Waals surface area contributed by atoms with Crippen molar-refractivity contribution in [2.24, 2.45) is 0 Å². The Balaban J connectivity index is 1.80. The largest absolute Gasteiger partial charge is 0.326 e. The fourth-order valence-corrected chi connectivity index (χ4v) is 2.24. The van der Waals surface area contributed by atoms with Gasteiger partial charge in [-0.15, -0.1) is 0 Å². The summed E-state index contributed by atoms with van der Waals surface area (Å²) in [6.07, 6.45) is 0.304. The molecule has 1 heterocycles. The van der Waals surface area contributed by atoms with Gasteiger partial charge in [-0.2, -0.15) is 0 Å². The van der Waals surface area contributed by atoms with Gasteiger partial charge < -0.3 is 10.6 Å². The molecular formula is C16H13FN2O2. The first-order chi connectivity index (χ1) is 10.0. The molecule has 5 heteroatoms. The van der Waals surface area contributed by atoms with Crippen LogP contribution < -0.4 is 10.6 Å². The number of amides is 2. The molecule has 0 spiro atoms. The zero-order valence-electron chi connectivity index (χ0n) is 11.4. The molecule has 2 N–H and O–H groups in total. The van der Waals surface area contributed by atoms with Crippen molar-refractivity contribution in [1.82, 2.24) is 0 Å². The van der Waals surface area contributed by atoms with Gasteiger partial charge in [-0.25, -0.2) is 4.39 Å². The second-order valence-corrected chi connectivity index (χ2v) is 5.01. The summed E-state index contributed by atoms with van der Waals surface area (Å²) in [5.41, 5.74) is 2.94. The summed E-state index contributed by atoms with van der Waals surface area (Å²) in [7, 11) is 0. The molecule has 2 aromatic rings. The molecule has 0 fully saturated rings. The summed E-state index contributed by atoms with van der Waals surface area (Å²) in [4.78, 5) is 23.4. The van der Waals surface area contributed by atoms with Crippen LogP contribution in [0.4, 0.5) is 15.8 Å². The first-order valence-corrected chi connectivity index (χ1v) is 6.53. The summed E-state index contributed by atoms with van der Waals surface area (Å²) < 4.78 is 13.5. The maximum atomic E-state index is 13.5. The molecule has 0 saturated carbocycles. The van der Waals surface area contributed by atoms with E-state index < -0.39 is 5.82 Å². The van der Waals surface area contributed by atoms with Crippen LogP contribution in [0.15, 0.2) is 36.4 Å². The molecule has 0 radical (unpaired) electrons. The Kier molecular flexibility index (Phi) is 3.17. The van der Waals surface area contributed by atoms with Gasteiger partial charge in [0.2, 0.25) is 5.91 Å². The van der Waals surface area contributed by atoms with Gasteiger partial charge in [-0.3, -0.25) is 9.59 Å². The van der Waals surface area contributed by atoms with Gasteiger partial charge in [0.05, 0.1) is 6.42 Å². The van der Waals surface area contributed by atoms with Gasteiger partial charge in [0.15, 0.2) is 0 Å². The Morgan fingerprint density at radius 1 is 1.24 bits per heavy atom. The van der Waals surface area contributed by atoms with E-state index in [2.05, 4.69) is 10.6 Å². The predicted octanol–water partition coefficient (Wildman–Crippen LogP) is 2.88. The van der Waals surface area contributed by atoms with Crippen molar-refractivity contribution in [1.29, 1.82) is 0 Å². The average Bonchev–Trinajstić information content (AvgIpc) is 2.81. The SMILES string of the molecule is Cc1ccc(C(=O)Nc2ccc3c(c2)CC(=O)N3)cc1F. The number of fused-ring (bicyclic) bond motifs is 1. The minimum absolute atomic E-state index is 0.0610. The minimum Gasteiger partial charge on any atom is -0.326 e. The van der Waals surface area contributed by atoms with Crippen LogP contribution in [-0.2, 0) is 11.2 Å². The molecule has 2 amide bonds. The number of carbonyl (C=O) groups excluding carboxylic acids is 2. The Morgan fingerprint density at radius 3 is 2.81 bits per heavy atom. The van der Waals surface area contributed by atoms with Crippen LogP contribution in [0.1, 0.15) is 21.5 Å². The van der Waals surface area contributed by atoms with Crippen molar-refractivity contribution in [2.75, 3.05) is 10.6 Å². The van der Waals surface area contributed by atoms with Gasteiger partial charge in [0.1, 0.15) is 5.82 Å². The van der Waals surface area contributed by atoms with E-state index >= 15 is 0 Å². The van der Waals surface area contributed by atoms with E-state index in [-0.39, 0.29) is 17.4 Å². The first kappa shape index (κ1) is 13.3. The zero-order valence-corrected chi connectivity index (χ0v) is 11.4. The lowest BCUT2D eigenvalue weighted by atomic mass is 10.1. The molecule has 0 bridgehead atoms. The fourth-order valence-electron chi connectivity index (χ4n) is 2.24. The molecule has 0 unspecified atom stereocenters. The molecule has 3 rings (SSSR count). The normalized spacial score (nSPS) is 12.8. The van der Waals surface area contributed by atoms with Crippen LogP contribution in [0.3, 0.4) is 0 Å². The van der Waals surface area contributed by atoms with Crippen LogP contribution >= 0.6 is 0 Å². The highest BCUT2D eigenvalue weighted by molar-refractivity contribution is 6.05. The number of hydrogen-bond acceptors (Lipinski definition) is 2. The maximum absolute atomic E-state index is 13.5. The lowest BCUT2D eigenvalue weighted by Crippen LogP contribution is -2.12. The molecule has 0 aromatic heterocycles. The van der Waals surface area contributed by atoms with Crippen LogP contribution in [0, 0.1) is 12.7 Å². The number of nitrogens with one attached hydrogen (secondary N) is 2. The van der Waals surface area contributed by atoms with Gasteiger partial charge in [-0.1, -0.05) is 6.07 Å². The highest BCUT2D eigenvalue weighted by atomic mass is 19.1. The predicted molar refractivity (Wildman–Crippen MR) is 77.9 cm³/mol. The summed E-state index contributed by atoms with van der Waals surface area (Å²) in [5.74, 6) is -0.855. The second-order valence-electron chi connectivity index (χ2n) is 5.01. The molecule has 0 aliphatic carbocycles. The average molecular weight is 284 g/mol. The fraction of sp³-hybridized carbons (Fsp3) is 0.125. The van der Waals surface area contributed by atoms with Crippen molar-refractivity contribution >= 4 is 23.2 Å². The maximum Gasteiger partial charge on any atom is 0.255 e. The van der Waals surface area contributed by atoms with Crippen molar-refractivity contribution < 1.29 is 14.0 Å². The van der Waals surface area contributed by atoms with Gasteiger partial charge in [-0.05, 0) is 48.4 Å². The molecule has 106 valence electrons. The molecule has 0 atom stereocenters. The third-order valence-corrected chi connectivity index (χ3v) is 3.42. The Labute approximate surface area is 121 Å². The monoisotopic (exact) mass is 284 g/mol. The zero-order chi connectivity index (χ0) is 15.0. The van der Waals surface area contributed by atoms with E-state index in [9.17, 15) is 14.0 Å². The van der Waals surface area contributed by atoms with Crippen molar-refractivity contribution in [3.8, 4) is 0 Å². The third-order valence-electron chi connectivity index (χ3n) is 3.42. The Morgan fingerprint density at radius 2 is 2.05 bits per heavy atom. The quantitative estimate of drug-likeness (QED) is 0.891. The smallest absolute Gasteiger partial charge is 0.255 e. The molecule has 1 aliphatic heterocycles. The lowest BCUT2D eigenvalue weighted by Gasteiger charge is -2.07. The Bertz CT molecular complexity index is 756. The highest BCUT2D eigenvalue weighted by Gasteiger charge is 2.18. The second kappa shape index (κ2) is 5.01. The summed E-state index contributed by atoms with van der Waals surface area (Å²) in [6.45, 7) is 1.64. The number of rotatable bonds is 2. The van der Waals surface area contributed by atoms with Crippen molar-refractivity contribution in [2.45, 2.75) is 13.3 Å². The first-order valence-electron chi connectivity index (χ1n) is 6.53. The van der Waals surface area contributed by atoms with E-state index in [1.165, 1.54) is 6.07 Å². The van der Waals surface area contributed by atoms with Crippen LogP contribution in [0.25, 0.3) is 0 Å². The van der Waals surface area contributed by atoms with E-state index in [4.69, 9.17) is 0 Å². The van der Waals surface area contributed by atoms with Crippen molar-refractivity contribution in [3.05, 3.63) is 58.9 Å². The van der Waals surface area contributed by atoms with Crippen LogP contribution in [-0.4, -0.2) is 11.8 Å².